The second-order valence-corrected chi connectivity index (χ2v) is 7.66. The molecule has 2 aromatic rings. The number of carbonyl (C=O) groups excluding carboxylic acids is 1. The molecule has 5 nitrogen and oxygen atoms in total. The minimum atomic E-state index is -3.77. The summed E-state index contributed by atoms with van der Waals surface area (Å²) < 4.78 is 31.5. The van der Waals surface area contributed by atoms with E-state index in [1.54, 1.807) is 18.6 Å². The molecule has 0 radical (unpaired) electrons. The summed E-state index contributed by atoms with van der Waals surface area (Å²) in [6, 6.07) is 10.5. The number of hydrogen-bond donors (Lipinski definition) is 1. The third-order valence-electron chi connectivity index (χ3n) is 3.17. The molecule has 0 aliphatic heterocycles. The Morgan fingerprint density at radius 3 is 2.64 bits per heavy atom. The minimum absolute atomic E-state index is 0.0605. The van der Waals surface area contributed by atoms with Crippen LogP contribution in [0.25, 0.3) is 0 Å². The van der Waals surface area contributed by atoms with Gasteiger partial charge in [-0.15, -0.1) is 11.3 Å². The van der Waals surface area contributed by atoms with Gasteiger partial charge in [-0.3, -0.25) is 4.79 Å². The number of carbonyl (C=O) groups is 1. The first-order valence-electron chi connectivity index (χ1n) is 6.66. The number of ether oxygens (including phenoxy) is 1. The molecule has 0 bridgehead atoms. The number of nitrogens with one attached hydrogen (secondary N) is 1. The number of para-hydroxylation sites is 1. The number of thiophene rings is 1. The predicted octanol–water partition coefficient (Wildman–Crippen LogP) is 2.76. The Hall–Kier alpha value is -1.86. The molecule has 2 rings (SSSR count). The van der Waals surface area contributed by atoms with Crippen molar-refractivity contribution in [3.8, 4) is 5.75 Å². The van der Waals surface area contributed by atoms with Gasteiger partial charge in [0.05, 0.1) is 7.11 Å². The fourth-order valence-corrected chi connectivity index (χ4v) is 4.11. The van der Waals surface area contributed by atoms with Crippen molar-refractivity contribution in [3.05, 3.63) is 47.3 Å². The molecule has 0 saturated carbocycles. The van der Waals surface area contributed by atoms with Crippen molar-refractivity contribution in [2.75, 3.05) is 7.11 Å². The zero-order valence-electron chi connectivity index (χ0n) is 12.3. The van der Waals surface area contributed by atoms with Gasteiger partial charge < -0.3 is 4.74 Å². The van der Waals surface area contributed by atoms with Gasteiger partial charge in [-0.05, 0) is 29.0 Å². The normalized spacial score (nSPS) is 12.6. The van der Waals surface area contributed by atoms with Gasteiger partial charge in [0.1, 0.15) is 9.96 Å². The Morgan fingerprint density at radius 2 is 2.00 bits per heavy atom. The van der Waals surface area contributed by atoms with Crippen molar-refractivity contribution in [1.82, 2.24) is 4.72 Å². The fraction of sp³-hybridized carbons (Fsp3) is 0.267. The molecule has 0 aliphatic carbocycles. The van der Waals surface area contributed by atoms with Crippen LogP contribution < -0.4 is 9.46 Å². The van der Waals surface area contributed by atoms with Crippen molar-refractivity contribution in [2.45, 2.75) is 23.5 Å². The first-order valence-corrected chi connectivity index (χ1v) is 9.02. The summed E-state index contributed by atoms with van der Waals surface area (Å²) in [6.07, 6.45) is 0.0605. The maximum absolute atomic E-state index is 12.0. The lowest BCUT2D eigenvalue weighted by atomic mass is 9.97. The Kier molecular flexibility index (Phi) is 5.20. The summed E-state index contributed by atoms with van der Waals surface area (Å²) >= 11 is 1.07. The van der Waals surface area contributed by atoms with Crippen molar-refractivity contribution >= 4 is 27.3 Å². The van der Waals surface area contributed by atoms with E-state index in [-0.39, 0.29) is 16.5 Å². The first-order chi connectivity index (χ1) is 10.4. The lowest BCUT2D eigenvalue weighted by molar-refractivity contribution is -0.119. The van der Waals surface area contributed by atoms with Crippen molar-refractivity contribution < 1.29 is 17.9 Å². The standard InChI is InChI=1S/C15H17NO4S2/c1-11(12-6-3-4-7-13(12)20-2)10-14(17)16-22(18,19)15-8-5-9-21-15/h3-9,11H,10H2,1-2H3,(H,16,17)/t11-/m1/s1. The van der Waals surface area contributed by atoms with E-state index in [2.05, 4.69) is 4.72 Å². The molecule has 0 unspecified atom stereocenters. The molecular weight excluding hydrogens is 322 g/mol. The molecule has 1 aromatic heterocycles. The summed E-state index contributed by atoms with van der Waals surface area (Å²) in [6.45, 7) is 1.86. The average Bonchev–Trinajstić information content (AvgIpc) is 3.01. The SMILES string of the molecule is COc1ccccc1[C@H](C)CC(=O)NS(=O)(=O)c1cccs1. The zero-order valence-corrected chi connectivity index (χ0v) is 13.9. The zero-order chi connectivity index (χ0) is 16.2. The highest BCUT2D eigenvalue weighted by Gasteiger charge is 2.21. The molecule has 1 aromatic carbocycles. The van der Waals surface area contributed by atoms with E-state index in [1.807, 2.05) is 31.2 Å². The average molecular weight is 339 g/mol. The lowest BCUT2D eigenvalue weighted by Gasteiger charge is -2.15. The molecular formula is C15H17NO4S2. The molecule has 1 amide bonds. The van der Waals surface area contributed by atoms with Gasteiger partial charge in [-0.25, -0.2) is 13.1 Å². The second-order valence-electron chi connectivity index (χ2n) is 4.81. The third kappa shape index (κ3) is 3.86. The van der Waals surface area contributed by atoms with Crippen LogP contribution in [0.4, 0.5) is 0 Å². The molecule has 0 aliphatic rings. The van der Waals surface area contributed by atoms with E-state index < -0.39 is 15.9 Å². The lowest BCUT2D eigenvalue weighted by Crippen LogP contribution is -2.30. The van der Waals surface area contributed by atoms with Crippen LogP contribution in [0.2, 0.25) is 0 Å². The number of benzene rings is 1. The van der Waals surface area contributed by atoms with Crippen molar-refractivity contribution in [3.63, 3.8) is 0 Å². The molecule has 1 atom stereocenters. The Morgan fingerprint density at radius 1 is 1.27 bits per heavy atom. The van der Waals surface area contributed by atoms with Crippen LogP contribution in [0.15, 0.2) is 46.0 Å². The summed E-state index contributed by atoms with van der Waals surface area (Å²) in [5, 5.41) is 1.65. The van der Waals surface area contributed by atoms with Crippen LogP contribution in [0.3, 0.4) is 0 Å². The summed E-state index contributed by atoms with van der Waals surface area (Å²) in [4.78, 5) is 12.0. The maximum Gasteiger partial charge on any atom is 0.273 e. The fourth-order valence-electron chi connectivity index (χ4n) is 2.12. The molecule has 0 saturated heterocycles. The topological polar surface area (TPSA) is 72.5 Å². The van der Waals surface area contributed by atoms with Gasteiger partial charge in [0.15, 0.2) is 0 Å². The van der Waals surface area contributed by atoms with E-state index in [4.69, 9.17) is 4.74 Å². The number of sulfonamides is 1. The van der Waals surface area contributed by atoms with Crippen molar-refractivity contribution in [2.24, 2.45) is 0 Å². The molecule has 7 heteroatoms. The molecule has 22 heavy (non-hydrogen) atoms. The van der Waals surface area contributed by atoms with E-state index in [1.165, 1.54) is 6.07 Å². The van der Waals surface area contributed by atoms with Crippen LogP contribution in [0.5, 0.6) is 5.75 Å². The highest BCUT2D eigenvalue weighted by atomic mass is 32.2. The first kappa shape index (κ1) is 16.5. The minimum Gasteiger partial charge on any atom is -0.496 e. The highest BCUT2D eigenvalue weighted by Crippen LogP contribution is 2.28. The highest BCUT2D eigenvalue weighted by molar-refractivity contribution is 7.92. The molecule has 1 N–H and O–H groups in total. The van der Waals surface area contributed by atoms with Gasteiger partial charge in [0, 0.05) is 6.42 Å². The Labute approximate surface area is 134 Å². The van der Waals surface area contributed by atoms with Crippen LogP contribution in [0.1, 0.15) is 24.8 Å². The summed E-state index contributed by atoms with van der Waals surface area (Å²) in [5.41, 5.74) is 0.869. The van der Waals surface area contributed by atoms with Gasteiger partial charge in [0.2, 0.25) is 5.91 Å². The quantitative estimate of drug-likeness (QED) is 0.878. The smallest absolute Gasteiger partial charge is 0.273 e. The maximum atomic E-state index is 12.0. The largest absolute Gasteiger partial charge is 0.496 e. The second kappa shape index (κ2) is 6.93. The van der Waals surface area contributed by atoms with E-state index in [0.717, 1.165) is 16.9 Å². The number of hydrogen-bond acceptors (Lipinski definition) is 5. The Bertz CT molecular complexity index is 739. The number of amides is 1. The van der Waals surface area contributed by atoms with E-state index >= 15 is 0 Å². The van der Waals surface area contributed by atoms with Gasteiger partial charge in [-0.2, -0.15) is 0 Å². The third-order valence-corrected chi connectivity index (χ3v) is 5.94. The van der Waals surface area contributed by atoms with Gasteiger partial charge >= 0.3 is 0 Å². The molecule has 1 heterocycles. The molecule has 0 spiro atoms. The number of methoxy groups -OCH3 is 1. The van der Waals surface area contributed by atoms with Gasteiger partial charge in [-0.1, -0.05) is 31.2 Å². The summed E-state index contributed by atoms with van der Waals surface area (Å²) in [5.74, 6) is -0.00888. The van der Waals surface area contributed by atoms with Gasteiger partial charge in [0.25, 0.3) is 10.0 Å². The van der Waals surface area contributed by atoms with Crippen molar-refractivity contribution in [1.29, 1.82) is 0 Å². The number of rotatable bonds is 6. The molecule has 0 fully saturated rings. The van der Waals surface area contributed by atoms with E-state index in [0.29, 0.717) is 5.75 Å². The monoisotopic (exact) mass is 339 g/mol. The van der Waals surface area contributed by atoms with Crippen LogP contribution >= 0.6 is 11.3 Å². The van der Waals surface area contributed by atoms with Crippen LogP contribution in [-0.4, -0.2) is 21.4 Å². The Balaban J connectivity index is 2.06. The van der Waals surface area contributed by atoms with Crippen LogP contribution in [-0.2, 0) is 14.8 Å². The van der Waals surface area contributed by atoms with Crippen LogP contribution in [0, 0.1) is 0 Å². The van der Waals surface area contributed by atoms with E-state index in [9.17, 15) is 13.2 Å². The molecule has 118 valence electrons. The predicted molar refractivity (Wildman–Crippen MR) is 85.7 cm³/mol. The summed E-state index contributed by atoms with van der Waals surface area (Å²) in [7, 11) is -2.21.